The van der Waals surface area contributed by atoms with Gasteiger partial charge in [0.15, 0.2) is 15.6 Å². The second-order valence-corrected chi connectivity index (χ2v) is 19.7. The number of amides is 3. The monoisotopic (exact) mass is 873 g/mol. The molecule has 5 aromatic rings. The number of urea groups is 1. The average Bonchev–Trinajstić information content (AvgIpc) is 3.19. The Morgan fingerprint density at radius 2 is 1.62 bits per heavy atom. The maximum Gasteiger partial charge on any atom is 0.324 e. The van der Waals surface area contributed by atoms with Gasteiger partial charge in [-0.25, -0.2) is 26.6 Å². The number of nitrogens with one attached hydrogen (secondary N) is 3. The Kier molecular flexibility index (Phi) is 13.3. The Bertz CT molecular complexity index is 2660. The third-order valence-electron chi connectivity index (χ3n) is 10.0. The summed E-state index contributed by atoms with van der Waals surface area (Å²) >= 11 is 0. The van der Waals surface area contributed by atoms with Crippen molar-refractivity contribution in [3.8, 4) is 23.0 Å². The van der Waals surface area contributed by atoms with Crippen LogP contribution in [0.15, 0.2) is 85.1 Å². The first-order chi connectivity index (χ1) is 28.9. The van der Waals surface area contributed by atoms with Crippen molar-refractivity contribution in [2.75, 3.05) is 73.1 Å². The molecule has 4 aromatic carbocycles. The molecule has 2 heterocycles. The fourth-order valence-corrected chi connectivity index (χ4v) is 8.79. The molecule has 0 radical (unpaired) electrons. The number of nitrogens with zero attached hydrogens (tertiary/aromatic N) is 3. The van der Waals surface area contributed by atoms with E-state index in [1.807, 2.05) is 45.0 Å². The van der Waals surface area contributed by atoms with E-state index in [9.17, 15) is 26.4 Å². The summed E-state index contributed by atoms with van der Waals surface area (Å²) in [5.41, 5.74) is 8.15. The summed E-state index contributed by atoms with van der Waals surface area (Å²) in [5, 5.41) is 7.42. The minimum absolute atomic E-state index is 0.108. The van der Waals surface area contributed by atoms with Crippen molar-refractivity contribution in [1.29, 1.82) is 0 Å². The number of carbonyl (C=O) groups is 2. The standard InChI is InChI=1S/C43H51N7O9S2/c1-43(2,3)28-24-34(48-60(6,53)54)40(58-5)36(25-28)50(42(44)52)35-14-15-37(32-11-8-7-10-31(32)35)59-30-16-18-45-39(27-30)47-29-12-13-33(38(26-29)57-4)41(51)46-17-9-19-49-20-22-61(55,56)23-21-49/h7-8,10-16,18,24-27,48H,9,17,19-23H2,1-6H3,(H2,44,52)(H,45,47)(H,46,51). The number of ether oxygens (including phenoxy) is 3. The molecule has 1 aliphatic heterocycles. The minimum atomic E-state index is -3.73. The average molecular weight is 874 g/mol. The first-order valence-corrected chi connectivity index (χ1v) is 23.2. The van der Waals surface area contributed by atoms with E-state index in [0.717, 1.165) is 11.8 Å². The number of nitrogens with two attached hydrogens (primary N) is 1. The number of sulfonamides is 1. The van der Waals surface area contributed by atoms with Crippen LogP contribution >= 0.6 is 0 Å². The molecule has 1 fully saturated rings. The maximum atomic E-state index is 13.4. The fraction of sp³-hybridized carbons (Fsp3) is 0.326. The summed E-state index contributed by atoms with van der Waals surface area (Å²) in [6.07, 6.45) is 3.30. The van der Waals surface area contributed by atoms with Gasteiger partial charge in [-0.15, -0.1) is 0 Å². The summed E-state index contributed by atoms with van der Waals surface area (Å²) < 4.78 is 68.4. The lowest BCUT2D eigenvalue weighted by atomic mass is 9.86. The molecule has 16 nitrogen and oxygen atoms in total. The number of sulfone groups is 1. The van der Waals surface area contributed by atoms with Crippen molar-refractivity contribution in [3.05, 3.63) is 96.2 Å². The zero-order valence-electron chi connectivity index (χ0n) is 34.9. The number of carbonyl (C=O) groups excluding carboxylic acids is 2. The largest absolute Gasteiger partial charge is 0.496 e. The number of fused-ring (bicyclic) bond motifs is 1. The van der Waals surface area contributed by atoms with Gasteiger partial charge in [0.2, 0.25) is 10.0 Å². The van der Waals surface area contributed by atoms with E-state index < -0.39 is 31.3 Å². The molecule has 1 aromatic heterocycles. The fourth-order valence-electron chi connectivity index (χ4n) is 6.96. The second kappa shape index (κ2) is 18.2. The molecule has 0 unspecified atom stereocenters. The van der Waals surface area contributed by atoms with Gasteiger partial charge in [0.05, 0.1) is 54.6 Å². The molecule has 0 atom stereocenters. The van der Waals surface area contributed by atoms with Crippen molar-refractivity contribution in [2.45, 2.75) is 32.6 Å². The van der Waals surface area contributed by atoms with Gasteiger partial charge >= 0.3 is 6.03 Å². The van der Waals surface area contributed by atoms with Crippen molar-refractivity contribution < 1.29 is 40.6 Å². The van der Waals surface area contributed by atoms with Crippen LogP contribution < -0.4 is 40.2 Å². The van der Waals surface area contributed by atoms with E-state index in [2.05, 4.69) is 25.2 Å². The molecule has 1 aliphatic rings. The van der Waals surface area contributed by atoms with Crippen LogP contribution in [0.1, 0.15) is 43.1 Å². The SMILES string of the molecule is COc1cc(Nc2cc(Oc3ccc(N(C(N)=O)c4cc(C(C)(C)C)cc(NS(C)(=O)=O)c4OC)c4ccccc34)ccn2)ccc1C(=O)NCCCN1CCS(=O)(=O)CC1. The van der Waals surface area contributed by atoms with Crippen LogP contribution in [0.3, 0.4) is 0 Å². The van der Waals surface area contributed by atoms with Crippen LogP contribution in [-0.2, 0) is 25.3 Å². The molecule has 1 saturated heterocycles. The minimum Gasteiger partial charge on any atom is -0.496 e. The van der Waals surface area contributed by atoms with Gasteiger partial charge in [0.25, 0.3) is 5.91 Å². The number of methoxy groups -OCH3 is 2. The molecule has 6 rings (SSSR count). The van der Waals surface area contributed by atoms with Crippen molar-refractivity contribution >= 4 is 71.1 Å². The molecule has 3 amide bonds. The molecule has 324 valence electrons. The summed E-state index contributed by atoms with van der Waals surface area (Å²) in [6.45, 7) is 8.03. The van der Waals surface area contributed by atoms with Crippen LogP contribution in [0.4, 0.5) is 33.4 Å². The Morgan fingerprint density at radius 1 is 0.902 bits per heavy atom. The van der Waals surface area contributed by atoms with Crippen LogP contribution in [0, 0.1) is 0 Å². The highest BCUT2D eigenvalue weighted by Gasteiger charge is 2.29. The molecule has 0 spiro atoms. The van der Waals surface area contributed by atoms with Gasteiger partial charge in [-0.05, 0) is 66.4 Å². The third-order valence-corrected chi connectivity index (χ3v) is 12.2. The molecule has 61 heavy (non-hydrogen) atoms. The third kappa shape index (κ3) is 11.0. The van der Waals surface area contributed by atoms with Crippen molar-refractivity contribution in [2.24, 2.45) is 5.73 Å². The lowest BCUT2D eigenvalue weighted by Gasteiger charge is -2.29. The molecular weight excluding hydrogens is 823 g/mol. The van der Waals surface area contributed by atoms with Crippen LogP contribution in [0.25, 0.3) is 10.8 Å². The first kappa shape index (κ1) is 44.4. The number of anilines is 5. The van der Waals surface area contributed by atoms with E-state index in [-0.39, 0.29) is 34.5 Å². The zero-order valence-corrected chi connectivity index (χ0v) is 36.6. The Labute approximate surface area is 356 Å². The van der Waals surface area contributed by atoms with E-state index in [0.29, 0.717) is 83.4 Å². The molecule has 0 saturated carbocycles. The molecule has 0 bridgehead atoms. The van der Waals surface area contributed by atoms with Crippen LogP contribution in [0.5, 0.6) is 23.0 Å². The number of hydrogen-bond acceptors (Lipinski definition) is 12. The number of pyridine rings is 1. The highest BCUT2D eigenvalue weighted by molar-refractivity contribution is 7.92. The van der Waals surface area contributed by atoms with Crippen molar-refractivity contribution in [3.63, 3.8) is 0 Å². The van der Waals surface area contributed by atoms with E-state index in [1.54, 1.807) is 60.8 Å². The predicted molar refractivity (Wildman–Crippen MR) is 238 cm³/mol. The van der Waals surface area contributed by atoms with Gasteiger partial charge in [-0.1, -0.05) is 45.0 Å². The Balaban J connectivity index is 1.21. The number of primary amides is 1. The zero-order chi connectivity index (χ0) is 44.1. The summed E-state index contributed by atoms with van der Waals surface area (Å²) in [5.74, 6) is 1.88. The number of hydrogen-bond donors (Lipinski definition) is 4. The molecule has 0 aliphatic carbocycles. The second-order valence-electron chi connectivity index (χ2n) is 15.6. The highest BCUT2D eigenvalue weighted by Crippen LogP contribution is 2.46. The maximum absolute atomic E-state index is 13.4. The molecule has 5 N–H and O–H groups in total. The summed E-state index contributed by atoms with van der Waals surface area (Å²) in [4.78, 5) is 34.3. The first-order valence-electron chi connectivity index (χ1n) is 19.5. The van der Waals surface area contributed by atoms with Gasteiger partial charge in [-0.3, -0.25) is 14.4 Å². The van der Waals surface area contributed by atoms with Crippen LogP contribution in [0.2, 0.25) is 0 Å². The topological polar surface area (TPSA) is 212 Å². The van der Waals surface area contributed by atoms with Gasteiger partial charge < -0.3 is 35.5 Å². The smallest absolute Gasteiger partial charge is 0.324 e. The number of benzene rings is 4. The van der Waals surface area contributed by atoms with Crippen LogP contribution in [-0.4, -0.2) is 96.8 Å². The number of aromatic nitrogens is 1. The lowest BCUT2D eigenvalue weighted by molar-refractivity contribution is 0.0948. The van der Waals surface area contributed by atoms with Gasteiger partial charge in [0.1, 0.15) is 23.1 Å². The van der Waals surface area contributed by atoms with Gasteiger partial charge in [-0.2, -0.15) is 0 Å². The lowest BCUT2D eigenvalue weighted by Crippen LogP contribution is -2.41. The highest BCUT2D eigenvalue weighted by atomic mass is 32.2. The predicted octanol–water partition coefficient (Wildman–Crippen LogP) is 6.52. The Morgan fingerprint density at radius 3 is 2.28 bits per heavy atom. The number of rotatable bonds is 15. The Hall–Kier alpha value is -6.11. The van der Waals surface area contributed by atoms with E-state index >= 15 is 0 Å². The quantitative estimate of drug-likeness (QED) is 0.0828. The molecule has 18 heteroatoms. The normalized spacial score (nSPS) is 14.2. The van der Waals surface area contributed by atoms with E-state index in [4.69, 9.17) is 19.9 Å². The summed E-state index contributed by atoms with van der Waals surface area (Å²) in [7, 11) is -3.80. The van der Waals surface area contributed by atoms with E-state index in [1.165, 1.54) is 19.1 Å². The summed E-state index contributed by atoms with van der Waals surface area (Å²) in [6, 6.07) is 21.9. The molecular formula is C43H51N7O9S2. The van der Waals surface area contributed by atoms with Gasteiger partial charge in [0, 0.05) is 54.4 Å². The van der Waals surface area contributed by atoms with Crippen molar-refractivity contribution in [1.82, 2.24) is 15.2 Å².